The van der Waals surface area contributed by atoms with Gasteiger partial charge >= 0.3 is 0 Å². The number of hydrogen-bond donors (Lipinski definition) is 1. The first-order chi connectivity index (χ1) is 8.36. The van der Waals surface area contributed by atoms with Crippen molar-refractivity contribution in [2.45, 2.75) is 51.5 Å². The van der Waals surface area contributed by atoms with E-state index in [1.165, 1.54) is 58.3 Å². The summed E-state index contributed by atoms with van der Waals surface area (Å²) in [4.78, 5) is 2.83. The molecular formula is C15H28N2. The highest BCUT2D eigenvalue weighted by Crippen LogP contribution is 2.46. The molecule has 2 aliphatic carbocycles. The predicted molar refractivity (Wildman–Crippen MR) is 72.1 cm³/mol. The van der Waals surface area contributed by atoms with Crippen molar-refractivity contribution < 1.29 is 0 Å². The van der Waals surface area contributed by atoms with Gasteiger partial charge in [-0.25, -0.2) is 0 Å². The molecule has 3 rings (SSSR count). The van der Waals surface area contributed by atoms with Crippen molar-refractivity contribution in [1.82, 2.24) is 10.2 Å². The van der Waals surface area contributed by atoms with Crippen LogP contribution in [0.3, 0.4) is 0 Å². The molecule has 1 aliphatic heterocycles. The van der Waals surface area contributed by atoms with Gasteiger partial charge in [0.2, 0.25) is 0 Å². The summed E-state index contributed by atoms with van der Waals surface area (Å²) < 4.78 is 0. The van der Waals surface area contributed by atoms with Crippen molar-refractivity contribution in [3.63, 3.8) is 0 Å². The molecule has 17 heavy (non-hydrogen) atoms. The fraction of sp³-hybridized carbons (Fsp3) is 1.00. The number of nitrogens with zero attached hydrogens (tertiary/aromatic N) is 1. The minimum atomic E-state index is 0.952. The van der Waals surface area contributed by atoms with Gasteiger partial charge in [0.15, 0.2) is 0 Å². The Morgan fingerprint density at radius 1 is 1.06 bits per heavy atom. The fourth-order valence-corrected chi connectivity index (χ4v) is 4.55. The Hall–Kier alpha value is -0.0800. The summed E-state index contributed by atoms with van der Waals surface area (Å²) in [7, 11) is 0. The molecule has 1 heterocycles. The number of rotatable bonds is 4. The largest absolute Gasteiger partial charge is 0.317 e. The smallest absolute Gasteiger partial charge is 0.0126 e. The van der Waals surface area contributed by atoms with Crippen LogP contribution in [0.25, 0.3) is 0 Å². The zero-order valence-electron chi connectivity index (χ0n) is 11.3. The van der Waals surface area contributed by atoms with E-state index in [9.17, 15) is 0 Å². The third-order valence-electron chi connectivity index (χ3n) is 5.53. The molecule has 2 heteroatoms. The Labute approximate surface area is 106 Å². The summed E-state index contributed by atoms with van der Waals surface area (Å²) in [5.41, 5.74) is 0. The van der Waals surface area contributed by atoms with Crippen LogP contribution in [0.5, 0.6) is 0 Å². The maximum absolute atomic E-state index is 3.48. The zero-order chi connectivity index (χ0) is 11.7. The first-order valence-corrected chi connectivity index (χ1v) is 7.81. The molecule has 1 N–H and O–H groups in total. The summed E-state index contributed by atoms with van der Waals surface area (Å²) in [6, 6.07) is 0.952. The highest BCUT2D eigenvalue weighted by atomic mass is 15.2. The van der Waals surface area contributed by atoms with Gasteiger partial charge in [0.1, 0.15) is 0 Å². The molecule has 3 atom stereocenters. The van der Waals surface area contributed by atoms with E-state index in [0.29, 0.717) is 0 Å². The van der Waals surface area contributed by atoms with Gasteiger partial charge in [-0.3, -0.25) is 0 Å². The van der Waals surface area contributed by atoms with E-state index >= 15 is 0 Å². The van der Waals surface area contributed by atoms with E-state index in [0.717, 1.165) is 23.8 Å². The van der Waals surface area contributed by atoms with Gasteiger partial charge in [0, 0.05) is 12.6 Å². The second-order valence-corrected chi connectivity index (χ2v) is 6.52. The number of piperidine rings is 1. The Morgan fingerprint density at radius 3 is 2.47 bits per heavy atom. The number of fused-ring (bicyclic) bond motifs is 2. The van der Waals surface area contributed by atoms with Crippen molar-refractivity contribution in [2.24, 2.45) is 17.8 Å². The summed E-state index contributed by atoms with van der Waals surface area (Å²) in [5, 5.41) is 3.48. The van der Waals surface area contributed by atoms with Crippen LogP contribution < -0.4 is 5.32 Å². The van der Waals surface area contributed by atoms with Crippen LogP contribution in [-0.2, 0) is 0 Å². The monoisotopic (exact) mass is 236 g/mol. The van der Waals surface area contributed by atoms with Gasteiger partial charge in [-0.2, -0.15) is 0 Å². The van der Waals surface area contributed by atoms with Crippen molar-refractivity contribution in [3.05, 3.63) is 0 Å². The van der Waals surface area contributed by atoms with E-state index in [1.54, 1.807) is 6.42 Å². The second kappa shape index (κ2) is 5.27. The molecule has 0 aromatic rings. The molecule has 2 saturated carbocycles. The summed E-state index contributed by atoms with van der Waals surface area (Å²) in [6.45, 7) is 7.52. The average Bonchev–Trinajstić information content (AvgIpc) is 2.99. The molecule has 3 aliphatic rings. The van der Waals surface area contributed by atoms with Gasteiger partial charge in [-0.15, -0.1) is 0 Å². The van der Waals surface area contributed by atoms with Crippen molar-refractivity contribution >= 4 is 0 Å². The summed E-state index contributed by atoms with van der Waals surface area (Å²) in [5.74, 6) is 3.11. The number of hydrogen-bond acceptors (Lipinski definition) is 2. The average molecular weight is 236 g/mol. The van der Waals surface area contributed by atoms with E-state index in [4.69, 9.17) is 0 Å². The maximum Gasteiger partial charge on any atom is 0.0126 e. The van der Waals surface area contributed by atoms with Crippen LogP contribution in [0.15, 0.2) is 0 Å². The molecule has 3 fully saturated rings. The molecule has 98 valence electrons. The van der Waals surface area contributed by atoms with Gasteiger partial charge in [-0.1, -0.05) is 13.3 Å². The van der Waals surface area contributed by atoms with Crippen LogP contribution in [0.4, 0.5) is 0 Å². The molecule has 0 aromatic heterocycles. The molecule has 3 unspecified atom stereocenters. The second-order valence-electron chi connectivity index (χ2n) is 6.52. The van der Waals surface area contributed by atoms with Crippen molar-refractivity contribution in [1.29, 1.82) is 0 Å². The van der Waals surface area contributed by atoms with Gasteiger partial charge < -0.3 is 10.2 Å². The lowest BCUT2D eigenvalue weighted by Crippen LogP contribution is -2.43. The first-order valence-electron chi connectivity index (χ1n) is 7.81. The Kier molecular flexibility index (Phi) is 3.72. The molecule has 0 spiro atoms. The molecule has 1 saturated heterocycles. The Balaban J connectivity index is 1.55. The fourth-order valence-electron chi connectivity index (χ4n) is 4.55. The zero-order valence-corrected chi connectivity index (χ0v) is 11.3. The van der Waals surface area contributed by atoms with Gasteiger partial charge in [-0.05, 0) is 69.5 Å². The van der Waals surface area contributed by atoms with Crippen LogP contribution in [0, 0.1) is 17.8 Å². The van der Waals surface area contributed by atoms with Crippen molar-refractivity contribution in [2.75, 3.05) is 26.2 Å². The molecule has 2 bridgehead atoms. The standard InChI is InChI=1S/C15H28N2/c1-2-17(11-12-5-7-16-8-6-12)15-10-13-3-4-14(15)9-13/h12-16H,2-11H2,1H3. The topological polar surface area (TPSA) is 15.3 Å². The van der Waals surface area contributed by atoms with Gasteiger partial charge in [0.25, 0.3) is 0 Å². The predicted octanol–water partition coefficient (Wildman–Crippen LogP) is 2.50. The Morgan fingerprint density at radius 2 is 1.88 bits per heavy atom. The van der Waals surface area contributed by atoms with Crippen LogP contribution in [0.2, 0.25) is 0 Å². The molecule has 0 amide bonds. The highest BCUT2D eigenvalue weighted by molar-refractivity contribution is 4.95. The minimum Gasteiger partial charge on any atom is -0.317 e. The lowest BCUT2D eigenvalue weighted by atomic mass is 9.91. The summed E-state index contributed by atoms with van der Waals surface area (Å²) >= 11 is 0. The van der Waals surface area contributed by atoms with E-state index < -0.39 is 0 Å². The van der Waals surface area contributed by atoms with E-state index in [2.05, 4.69) is 17.1 Å². The van der Waals surface area contributed by atoms with E-state index in [-0.39, 0.29) is 0 Å². The molecule has 2 nitrogen and oxygen atoms in total. The van der Waals surface area contributed by atoms with Crippen LogP contribution >= 0.6 is 0 Å². The van der Waals surface area contributed by atoms with E-state index in [1.807, 2.05) is 0 Å². The Bertz CT molecular complexity index is 247. The minimum absolute atomic E-state index is 0.952. The lowest BCUT2D eigenvalue weighted by Gasteiger charge is -2.37. The van der Waals surface area contributed by atoms with Crippen LogP contribution in [-0.4, -0.2) is 37.1 Å². The third kappa shape index (κ3) is 2.53. The molecule has 0 aromatic carbocycles. The molecule has 0 radical (unpaired) electrons. The number of nitrogens with one attached hydrogen (secondary N) is 1. The van der Waals surface area contributed by atoms with Crippen LogP contribution in [0.1, 0.15) is 45.4 Å². The lowest BCUT2D eigenvalue weighted by molar-refractivity contribution is 0.118. The highest BCUT2D eigenvalue weighted by Gasteiger charge is 2.42. The van der Waals surface area contributed by atoms with Crippen molar-refractivity contribution in [3.8, 4) is 0 Å². The SMILES string of the molecule is CCN(CC1CCNCC1)C1CC2CCC1C2. The third-order valence-corrected chi connectivity index (χ3v) is 5.53. The normalized spacial score (nSPS) is 38.1. The quantitative estimate of drug-likeness (QED) is 0.807. The maximum atomic E-state index is 3.48. The summed E-state index contributed by atoms with van der Waals surface area (Å²) in [6.07, 6.45) is 8.93. The molecular weight excluding hydrogens is 208 g/mol. The first kappa shape index (κ1) is 12.0. The van der Waals surface area contributed by atoms with Gasteiger partial charge in [0.05, 0.1) is 0 Å².